The molecule has 4 heteroatoms. The number of ether oxygens (including phenoxy) is 2. The number of morpholine rings is 1. The van der Waals surface area contributed by atoms with E-state index in [1.165, 1.54) is 0 Å². The highest BCUT2D eigenvalue weighted by molar-refractivity contribution is 6.07. The molecular weight excluding hydrogens is 242 g/mol. The van der Waals surface area contributed by atoms with E-state index in [0.717, 1.165) is 32.0 Å². The number of rotatable bonds is 5. The SMILES string of the molecule is C=C(OCC)C(=O)c1ccc(N2CCOCC2)cc1. The highest BCUT2D eigenvalue weighted by atomic mass is 16.5. The lowest BCUT2D eigenvalue weighted by atomic mass is 10.1. The summed E-state index contributed by atoms with van der Waals surface area (Å²) in [6.07, 6.45) is 0. The first-order chi connectivity index (χ1) is 9.22. The number of allylic oxidation sites excluding steroid dienone is 1. The summed E-state index contributed by atoms with van der Waals surface area (Å²) >= 11 is 0. The highest BCUT2D eigenvalue weighted by Gasteiger charge is 2.14. The fourth-order valence-electron chi connectivity index (χ4n) is 2.05. The Balaban J connectivity index is 2.05. The third-order valence-electron chi connectivity index (χ3n) is 3.08. The molecule has 0 bridgehead atoms. The van der Waals surface area contributed by atoms with Gasteiger partial charge >= 0.3 is 0 Å². The van der Waals surface area contributed by atoms with Gasteiger partial charge in [-0.1, -0.05) is 6.58 Å². The number of benzene rings is 1. The first-order valence-electron chi connectivity index (χ1n) is 6.51. The van der Waals surface area contributed by atoms with Crippen molar-refractivity contribution < 1.29 is 14.3 Å². The van der Waals surface area contributed by atoms with Crippen molar-refractivity contribution in [1.82, 2.24) is 0 Å². The monoisotopic (exact) mass is 261 g/mol. The van der Waals surface area contributed by atoms with Gasteiger partial charge in [-0.05, 0) is 31.2 Å². The van der Waals surface area contributed by atoms with Crippen LogP contribution in [0.4, 0.5) is 5.69 Å². The minimum atomic E-state index is -0.157. The van der Waals surface area contributed by atoms with E-state index in [1.807, 2.05) is 31.2 Å². The van der Waals surface area contributed by atoms with Gasteiger partial charge in [-0.25, -0.2) is 0 Å². The largest absolute Gasteiger partial charge is 0.490 e. The molecule has 4 nitrogen and oxygen atoms in total. The molecule has 1 aromatic rings. The van der Waals surface area contributed by atoms with Crippen LogP contribution in [-0.2, 0) is 9.47 Å². The quantitative estimate of drug-likeness (QED) is 0.463. The van der Waals surface area contributed by atoms with E-state index < -0.39 is 0 Å². The zero-order chi connectivity index (χ0) is 13.7. The lowest BCUT2D eigenvalue weighted by Crippen LogP contribution is -2.36. The van der Waals surface area contributed by atoms with Gasteiger partial charge in [-0.2, -0.15) is 0 Å². The Morgan fingerprint density at radius 2 is 1.95 bits per heavy atom. The van der Waals surface area contributed by atoms with Crippen LogP contribution in [0.25, 0.3) is 0 Å². The van der Waals surface area contributed by atoms with Crippen LogP contribution in [0, 0.1) is 0 Å². The molecule has 0 spiro atoms. The molecule has 0 saturated carbocycles. The van der Waals surface area contributed by atoms with Crippen LogP contribution in [0.1, 0.15) is 17.3 Å². The van der Waals surface area contributed by atoms with Crippen LogP contribution in [-0.4, -0.2) is 38.7 Å². The van der Waals surface area contributed by atoms with Crippen molar-refractivity contribution in [1.29, 1.82) is 0 Å². The molecule has 1 saturated heterocycles. The molecule has 0 aromatic heterocycles. The van der Waals surface area contributed by atoms with Gasteiger partial charge in [0.15, 0.2) is 5.76 Å². The van der Waals surface area contributed by atoms with E-state index in [4.69, 9.17) is 9.47 Å². The Hall–Kier alpha value is -1.81. The van der Waals surface area contributed by atoms with Crippen molar-refractivity contribution in [2.75, 3.05) is 37.8 Å². The van der Waals surface area contributed by atoms with Gasteiger partial charge in [-0.15, -0.1) is 0 Å². The van der Waals surface area contributed by atoms with Crippen molar-refractivity contribution in [3.05, 3.63) is 42.2 Å². The van der Waals surface area contributed by atoms with E-state index in [9.17, 15) is 4.79 Å². The number of carbonyl (C=O) groups is 1. The van der Waals surface area contributed by atoms with Crippen LogP contribution >= 0.6 is 0 Å². The summed E-state index contributed by atoms with van der Waals surface area (Å²) in [5.41, 5.74) is 1.72. The number of nitrogens with zero attached hydrogens (tertiary/aromatic N) is 1. The molecule has 1 aromatic carbocycles. The zero-order valence-corrected chi connectivity index (χ0v) is 11.2. The van der Waals surface area contributed by atoms with Gasteiger partial charge < -0.3 is 14.4 Å². The lowest BCUT2D eigenvalue weighted by Gasteiger charge is -2.28. The van der Waals surface area contributed by atoms with Crippen molar-refractivity contribution in [2.45, 2.75) is 6.92 Å². The van der Waals surface area contributed by atoms with Gasteiger partial charge in [-0.3, -0.25) is 4.79 Å². The number of hydrogen-bond acceptors (Lipinski definition) is 4. The van der Waals surface area contributed by atoms with Gasteiger partial charge in [0.05, 0.1) is 19.8 Å². The van der Waals surface area contributed by atoms with Crippen LogP contribution < -0.4 is 4.90 Å². The average molecular weight is 261 g/mol. The van der Waals surface area contributed by atoms with Crippen molar-refractivity contribution in [3.63, 3.8) is 0 Å². The van der Waals surface area contributed by atoms with Crippen molar-refractivity contribution in [2.24, 2.45) is 0 Å². The van der Waals surface area contributed by atoms with Gasteiger partial charge in [0.2, 0.25) is 5.78 Å². The van der Waals surface area contributed by atoms with Crippen LogP contribution in [0.3, 0.4) is 0 Å². The normalized spacial score (nSPS) is 15.1. The molecular formula is C15H19NO3. The molecule has 0 atom stereocenters. The summed E-state index contributed by atoms with van der Waals surface area (Å²) in [6.45, 7) is 9.20. The molecule has 1 aliphatic rings. The summed E-state index contributed by atoms with van der Waals surface area (Å²) < 4.78 is 10.5. The number of ketones is 1. The third kappa shape index (κ3) is 3.35. The molecule has 1 fully saturated rings. The van der Waals surface area contributed by atoms with Crippen LogP contribution in [0.5, 0.6) is 0 Å². The summed E-state index contributed by atoms with van der Waals surface area (Å²) in [6, 6.07) is 7.55. The predicted molar refractivity (Wildman–Crippen MR) is 74.6 cm³/mol. The standard InChI is InChI=1S/C15H19NO3/c1-3-19-12(2)15(17)13-4-6-14(7-5-13)16-8-10-18-11-9-16/h4-7H,2-3,8-11H2,1H3. The summed E-state index contributed by atoms with van der Waals surface area (Å²) in [5.74, 6) is 0.0389. The van der Waals surface area contributed by atoms with Crippen molar-refractivity contribution in [3.8, 4) is 0 Å². The maximum atomic E-state index is 12.0. The molecule has 1 heterocycles. The molecule has 0 amide bonds. The molecule has 0 radical (unpaired) electrons. The Morgan fingerprint density at radius 1 is 1.32 bits per heavy atom. The maximum Gasteiger partial charge on any atom is 0.226 e. The predicted octanol–water partition coefficient (Wildman–Crippen LogP) is 2.26. The fourth-order valence-corrected chi connectivity index (χ4v) is 2.05. The topological polar surface area (TPSA) is 38.8 Å². The van der Waals surface area contributed by atoms with E-state index in [0.29, 0.717) is 12.2 Å². The second-order valence-corrected chi connectivity index (χ2v) is 4.33. The van der Waals surface area contributed by atoms with E-state index in [-0.39, 0.29) is 11.5 Å². The molecule has 0 N–H and O–H groups in total. The maximum absolute atomic E-state index is 12.0. The minimum Gasteiger partial charge on any atom is -0.490 e. The number of hydrogen-bond donors (Lipinski definition) is 0. The molecule has 0 aliphatic carbocycles. The first-order valence-corrected chi connectivity index (χ1v) is 6.51. The molecule has 0 unspecified atom stereocenters. The second kappa shape index (κ2) is 6.38. The summed E-state index contributed by atoms with van der Waals surface area (Å²) in [7, 11) is 0. The smallest absolute Gasteiger partial charge is 0.226 e. The second-order valence-electron chi connectivity index (χ2n) is 4.33. The Kier molecular flexibility index (Phi) is 4.58. The fraction of sp³-hybridized carbons (Fsp3) is 0.400. The molecule has 1 aliphatic heterocycles. The Morgan fingerprint density at radius 3 is 2.53 bits per heavy atom. The summed E-state index contributed by atoms with van der Waals surface area (Å²) in [5, 5.41) is 0. The Labute approximate surface area is 113 Å². The molecule has 2 rings (SSSR count). The summed E-state index contributed by atoms with van der Waals surface area (Å²) in [4.78, 5) is 14.2. The first kappa shape index (κ1) is 13.6. The van der Waals surface area contributed by atoms with Gasteiger partial charge in [0, 0.05) is 24.3 Å². The average Bonchev–Trinajstić information content (AvgIpc) is 2.48. The minimum absolute atomic E-state index is 0.157. The van der Waals surface area contributed by atoms with Crippen molar-refractivity contribution >= 4 is 11.5 Å². The van der Waals surface area contributed by atoms with Crippen LogP contribution in [0.2, 0.25) is 0 Å². The Bertz CT molecular complexity index is 447. The van der Waals surface area contributed by atoms with Gasteiger partial charge in [0.25, 0.3) is 0 Å². The third-order valence-corrected chi connectivity index (χ3v) is 3.08. The van der Waals surface area contributed by atoms with E-state index in [1.54, 1.807) is 0 Å². The van der Waals surface area contributed by atoms with Crippen LogP contribution in [0.15, 0.2) is 36.6 Å². The van der Waals surface area contributed by atoms with Gasteiger partial charge in [0.1, 0.15) is 0 Å². The lowest BCUT2D eigenvalue weighted by molar-refractivity contribution is 0.0929. The molecule has 19 heavy (non-hydrogen) atoms. The number of carbonyl (C=O) groups excluding carboxylic acids is 1. The van der Waals surface area contributed by atoms with E-state index in [2.05, 4.69) is 11.5 Å². The number of anilines is 1. The highest BCUT2D eigenvalue weighted by Crippen LogP contribution is 2.18. The van der Waals surface area contributed by atoms with E-state index >= 15 is 0 Å². The molecule has 102 valence electrons. The zero-order valence-electron chi connectivity index (χ0n) is 11.2. The number of Topliss-reactive ketones (excluding diaryl/α,β-unsaturated/α-hetero) is 1.